The number of piperazine rings is 1. The fourth-order valence-electron chi connectivity index (χ4n) is 3.77. The normalized spacial score (nSPS) is 14.7. The number of para-hydroxylation sites is 1. The van der Waals surface area contributed by atoms with Crippen LogP contribution in [0.2, 0.25) is 0 Å². The van der Waals surface area contributed by atoms with Gasteiger partial charge in [-0.25, -0.2) is 0 Å². The Morgan fingerprint density at radius 2 is 1.55 bits per heavy atom. The van der Waals surface area contributed by atoms with Crippen LogP contribution in [0.5, 0.6) is 0 Å². The third-order valence-electron chi connectivity index (χ3n) is 5.45. The topological polar surface area (TPSA) is 52.6 Å². The average molecular weight is 387 g/mol. The van der Waals surface area contributed by atoms with Crippen molar-refractivity contribution in [1.82, 2.24) is 9.80 Å². The van der Waals surface area contributed by atoms with E-state index >= 15 is 0 Å². The third-order valence-corrected chi connectivity index (χ3v) is 5.45. The van der Waals surface area contributed by atoms with Crippen molar-refractivity contribution in [3.05, 3.63) is 77.9 Å². The molecule has 0 spiro atoms. The van der Waals surface area contributed by atoms with Crippen LogP contribution in [0, 0.1) is 0 Å². The fraction of sp³-hybridized carbons (Fsp3) is 0.250. The smallest absolute Gasteiger partial charge is 0.256 e. The molecular weight excluding hydrogens is 362 g/mol. The van der Waals surface area contributed by atoms with Crippen LogP contribution in [0.1, 0.15) is 15.9 Å². The maximum absolute atomic E-state index is 13.0. The molecule has 0 radical (unpaired) electrons. The second-order valence-corrected chi connectivity index (χ2v) is 7.50. The lowest BCUT2D eigenvalue weighted by atomic mass is 10.0. The first-order valence-corrected chi connectivity index (χ1v) is 9.95. The number of hydrogen-bond acceptors (Lipinski definition) is 3. The Kier molecular flexibility index (Phi) is 5.58. The second kappa shape index (κ2) is 8.45. The molecule has 0 aliphatic carbocycles. The van der Waals surface area contributed by atoms with Crippen molar-refractivity contribution in [2.75, 3.05) is 38.5 Å². The second-order valence-electron chi connectivity index (χ2n) is 7.50. The van der Waals surface area contributed by atoms with Crippen molar-refractivity contribution < 1.29 is 9.59 Å². The molecule has 5 heteroatoms. The fourth-order valence-corrected chi connectivity index (χ4v) is 3.77. The summed E-state index contributed by atoms with van der Waals surface area (Å²) in [7, 11) is 2.06. The van der Waals surface area contributed by atoms with Gasteiger partial charge in [-0.15, -0.1) is 0 Å². The first-order chi connectivity index (χ1) is 14.1. The Morgan fingerprint density at radius 3 is 2.38 bits per heavy atom. The molecule has 29 heavy (non-hydrogen) atoms. The van der Waals surface area contributed by atoms with Crippen LogP contribution in [-0.4, -0.2) is 54.8 Å². The molecule has 0 atom stereocenters. The zero-order chi connectivity index (χ0) is 20.2. The van der Waals surface area contributed by atoms with Crippen LogP contribution in [-0.2, 0) is 11.2 Å². The summed E-state index contributed by atoms with van der Waals surface area (Å²) in [5.74, 6) is -0.154. The Hall–Kier alpha value is -3.18. The minimum atomic E-state index is -0.125. The standard InChI is InChI=1S/C24H25N3O2/c1-26-13-15-27(16-14-26)24(29)21-11-4-5-12-22(21)25-23(28)17-19-9-6-8-18-7-2-3-10-20(18)19/h2-12H,13-17H2,1H3,(H,25,28). The number of benzene rings is 3. The highest BCUT2D eigenvalue weighted by molar-refractivity contribution is 6.04. The molecular formula is C24H25N3O2. The molecule has 2 amide bonds. The van der Waals surface area contributed by atoms with E-state index in [1.807, 2.05) is 59.5 Å². The molecule has 1 saturated heterocycles. The molecule has 5 nitrogen and oxygen atoms in total. The molecule has 1 aliphatic rings. The van der Waals surface area contributed by atoms with Crippen molar-refractivity contribution in [2.24, 2.45) is 0 Å². The molecule has 148 valence electrons. The van der Waals surface area contributed by atoms with Gasteiger partial charge in [0.15, 0.2) is 0 Å². The van der Waals surface area contributed by atoms with E-state index in [-0.39, 0.29) is 18.2 Å². The molecule has 4 rings (SSSR count). The molecule has 0 bridgehead atoms. The van der Waals surface area contributed by atoms with Crippen molar-refractivity contribution in [1.29, 1.82) is 0 Å². The summed E-state index contributed by atoms with van der Waals surface area (Å²) >= 11 is 0. The summed E-state index contributed by atoms with van der Waals surface area (Å²) in [4.78, 5) is 29.8. The Bertz CT molecular complexity index is 1030. The number of anilines is 1. The van der Waals surface area contributed by atoms with Gasteiger partial charge in [-0.05, 0) is 35.5 Å². The van der Waals surface area contributed by atoms with Gasteiger partial charge < -0.3 is 15.1 Å². The lowest BCUT2D eigenvalue weighted by Gasteiger charge is -2.32. The first-order valence-electron chi connectivity index (χ1n) is 9.95. The van der Waals surface area contributed by atoms with Gasteiger partial charge >= 0.3 is 0 Å². The molecule has 3 aromatic rings. The SMILES string of the molecule is CN1CCN(C(=O)c2ccccc2NC(=O)Cc2cccc3ccccc23)CC1. The van der Waals surface area contributed by atoms with Crippen molar-refractivity contribution in [2.45, 2.75) is 6.42 Å². The monoisotopic (exact) mass is 387 g/mol. The van der Waals surface area contributed by atoms with Crippen molar-refractivity contribution >= 4 is 28.3 Å². The van der Waals surface area contributed by atoms with E-state index in [1.54, 1.807) is 12.1 Å². The molecule has 0 saturated carbocycles. The summed E-state index contributed by atoms with van der Waals surface area (Å²) < 4.78 is 0. The van der Waals surface area contributed by atoms with Crippen LogP contribution >= 0.6 is 0 Å². The highest BCUT2D eigenvalue weighted by Gasteiger charge is 2.22. The Morgan fingerprint density at radius 1 is 0.862 bits per heavy atom. The van der Waals surface area contributed by atoms with Crippen LogP contribution in [0.4, 0.5) is 5.69 Å². The number of nitrogens with zero attached hydrogens (tertiary/aromatic N) is 2. The summed E-state index contributed by atoms with van der Waals surface area (Å²) in [5, 5.41) is 5.15. The van der Waals surface area contributed by atoms with Crippen LogP contribution < -0.4 is 5.32 Å². The number of carbonyl (C=O) groups excluding carboxylic acids is 2. The van der Waals surface area contributed by atoms with Gasteiger partial charge in [0.2, 0.25) is 5.91 Å². The van der Waals surface area contributed by atoms with Gasteiger partial charge in [0.05, 0.1) is 17.7 Å². The van der Waals surface area contributed by atoms with Crippen LogP contribution in [0.25, 0.3) is 10.8 Å². The predicted octanol–water partition coefficient (Wildman–Crippen LogP) is 3.41. The molecule has 1 heterocycles. The van der Waals surface area contributed by atoms with E-state index in [0.29, 0.717) is 24.3 Å². The van der Waals surface area contributed by atoms with E-state index in [4.69, 9.17) is 0 Å². The summed E-state index contributed by atoms with van der Waals surface area (Å²) in [6.07, 6.45) is 0.262. The van der Waals surface area contributed by atoms with Crippen LogP contribution in [0.3, 0.4) is 0 Å². The number of fused-ring (bicyclic) bond motifs is 1. The maximum atomic E-state index is 13.0. The minimum Gasteiger partial charge on any atom is -0.336 e. The van der Waals surface area contributed by atoms with Crippen molar-refractivity contribution in [3.8, 4) is 0 Å². The third kappa shape index (κ3) is 4.30. The van der Waals surface area contributed by atoms with E-state index in [1.165, 1.54) is 0 Å². The number of nitrogens with one attached hydrogen (secondary N) is 1. The summed E-state index contributed by atoms with van der Waals surface area (Å²) in [6.45, 7) is 3.13. The summed E-state index contributed by atoms with van der Waals surface area (Å²) in [6, 6.07) is 21.3. The molecule has 0 unspecified atom stereocenters. The lowest BCUT2D eigenvalue weighted by molar-refractivity contribution is -0.115. The highest BCUT2D eigenvalue weighted by Crippen LogP contribution is 2.21. The molecule has 1 fully saturated rings. The van der Waals surface area contributed by atoms with Gasteiger partial charge in [0.1, 0.15) is 0 Å². The quantitative estimate of drug-likeness (QED) is 0.746. The zero-order valence-corrected chi connectivity index (χ0v) is 16.6. The molecule has 1 aliphatic heterocycles. The Balaban J connectivity index is 1.51. The highest BCUT2D eigenvalue weighted by atomic mass is 16.2. The average Bonchev–Trinajstić information content (AvgIpc) is 2.74. The molecule has 1 N–H and O–H groups in total. The van der Waals surface area contributed by atoms with E-state index in [2.05, 4.69) is 17.3 Å². The lowest BCUT2D eigenvalue weighted by Crippen LogP contribution is -2.47. The minimum absolute atomic E-state index is 0.0286. The number of carbonyl (C=O) groups is 2. The number of likely N-dealkylation sites (N-methyl/N-ethyl adjacent to an activating group) is 1. The zero-order valence-electron chi connectivity index (χ0n) is 16.6. The molecule has 0 aromatic heterocycles. The maximum Gasteiger partial charge on any atom is 0.256 e. The van der Waals surface area contributed by atoms with Gasteiger partial charge in [0.25, 0.3) is 5.91 Å². The number of rotatable bonds is 4. The largest absolute Gasteiger partial charge is 0.336 e. The Labute approximate surface area is 170 Å². The molecule has 3 aromatic carbocycles. The van der Waals surface area contributed by atoms with Gasteiger partial charge in [-0.2, -0.15) is 0 Å². The number of hydrogen-bond donors (Lipinski definition) is 1. The van der Waals surface area contributed by atoms with Gasteiger partial charge in [-0.3, -0.25) is 9.59 Å². The number of amides is 2. The van der Waals surface area contributed by atoms with Gasteiger partial charge in [0, 0.05) is 26.2 Å². The van der Waals surface area contributed by atoms with E-state index < -0.39 is 0 Å². The van der Waals surface area contributed by atoms with Gasteiger partial charge in [-0.1, -0.05) is 54.6 Å². The predicted molar refractivity (Wildman–Crippen MR) is 116 cm³/mol. The van der Waals surface area contributed by atoms with E-state index in [9.17, 15) is 9.59 Å². The summed E-state index contributed by atoms with van der Waals surface area (Å²) in [5.41, 5.74) is 2.09. The first kappa shape index (κ1) is 19.2. The van der Waals surface area contributed by atoms with Crippen molar-refractivity contribution in [3.63, 3.8) is 0 Å². The van der Waals surface area contributed by atoms with E-state index in [0.717, 1.165) is 29.4 Å². The van der Waals surface area contributed by atoms with Crippen LogP contribution in [0.15, 0.2) is 66.7 Å².